The van der Waals surface area contributed by atoms with E-state index in [2.05, 4.69) is 10.3 Å². The molecule has 0 aliphatic carbocycles. The minimum absolute atomic E-state index is 0.0524. The average Bonchev–Trinajstić information content (AvgIpc) is 2.72. The molecule has 0 fully saturated rings. The molecule has 1 heterocycles. The lowest BCUT2D eigenvalue weighted by molar-refractivity contribution is -0.118. The zero-order chi connectivity index (χ0) is 21.7. The first-order valence-electron chi connectivity index (χ1n) is 9.30. The fraction of sp³-hybridized carbons (Fsp3) is 0.250. The smallest absolute Gasteiger partial charge is 0.262 e. The Hall–Kier alpha value is -2.69. The second-order valence-electron chi connectivity index (χ2n) is 6.54. The van der Waals surface area contributed by atoms with E-state index in [1.54, 1.807) is 34.9 Å². The Morgan fingerprint density at radius 3 is 2.53 bits per heavy atom. The SMILES string of the molecule is CCn1c(SCC(=O)NCCc2ccc(S(N)(=O)=O)cc2)nc2ccccc2c1=O. The highest BCUT2D eigenvalue weighted by atomic mass is 32.2. The lowest BCUT2D eigenvalue weighted by atomic mass is 10.1. The normalized spacial score (nSPS) is 11.5. The number of rotatable bonds is 8. The van der Waals surface area contributed by atoms with Crippen LogP contribution in [0.4, 0.5) is 0 Å². The molecule has 158 valence electrons. The molecule has 10 heteroatoms. The summed E-state index contributed by atoms with van der Waals surface area (Å²) in [5, 5.41) is 8.96. The Kier molecular flexibility index (Phi) is 6.91. The molecule has 3 rings (SSSR count). The van der Waals surface area contributed by atoms with Gasteiger partial charge in [-0.05, 0) is 43.2 Å². The van der Waals surface area contributed by atoms with Gasteiger partial charge in [-0.3, -0.25) is 14.2 Å². The number of amides is 1. The van der Waals surface area contributed by atoms with E-state index in [-0.39, 0.29) is 22.1 Å². The number of fused-ring (bicyclic) bond motifs is 1. The summed E-state index contributed by atoms with van der Waals surface area (Å²) in [6, 6.07) is 13.4. The van der Waals surface area contributed by atoms with E-state index in [9.17, 15) is 18.0 Å². The van der Waals surface area contributed by atoms with Crippen molar-refractivity contribution in [2.45, 2.75) is 29.9 Å². The van der Waals surface area contributed by atoms with Gasteiger partial charge in [-0.15, -0.1) is 0 Å². The van der Waals surface area contributed by atoms with E-state index in [0.29, 0.717) is 35.6 Å². The van der Waals surface area contributed by atoms with Gasteiger partial charge in [-0.25, -0.2) is 18.5 Å². The van der Waals surface area contributed by atoms with Crippen LogP contribution in [-0.4, -0.2) is 36.2 Å². The highest BCUT2D eigenvalue weighted by Gasteiger charge is 2.12. The third-order valence-electron chi connectivity index (χ3n) is 4.46. The zero-order valence-electron chi connectivity index (χ0n) is 16.4. The van der Waals surface area contributed by atoms with Gasteiger partial charge in [0, 0.05) is 13.1 Å². The van der Waals surface area contributed by atoms with Crippen LogP contribution in [0.15, 0.2) is 63.4 Å². The Morgan fingerprint density at radius 1 is 1.17 bits per heavy atom. The van der Waals surface area contributed by atoms with Gasteiger partial charge >= 0.3 is 0 Å². The Balaban J connectivity index is 1.57. The van der Waals surface area contributed by atoms with Crippen molar-refractivity contribution in [1.29, 1.82) is 0 Å². The van der Waals surface area contributed by atoms with Gasteiger partial charge in [-0.2, -0.15) is 0 Å². The predicted octanol–water partition coefficient (Wildman–Crippen LogP) is 1.51. The number of hydrogen-bond acceptors (Lipinski definition) is 6. The molecule has 0 aliphatic heterocycles. The van der Waals surface area contributed by atoms with Gasteiger partial charge in [0.15, 0.2) is 5.16 Å². The number of nitrogens with one attached hydrogen (secondary N) is 1. The lowest BCUT2D eigenvalue weighted by Gasteiger charge is -2.11. The molecule has 0 saturated carbocycles. The van der Waals surface area contributed by atoms with Crippen LogP contribution in [0.1, 0.15) is 12.5 Å². The fourth-order valence-corrected chi connectivity index (χ4v) is 4.32. The van der Waals surface area contributed by atoms with Crippen LogP contribution in [0.3, 0.4) is 0 Å². The largest absolute Gasteiger partial charge is 0.355 e. The average molecular weight is 447 g/mol. The molecule has 8 nitrogen and oxygen atoms in total. The minimum atomic E-state index is -3.71. The topological polar surface area (TPSA) is 124 Å². The van der Waals surface area contributed by atoms with E-state index in [0.717, 1.165) is 5.56 Å². The molecule has 1 amide bonds. The van der Waals surface area contributed by atoms with Crippen LogP contribution in [0.2, 0.25) is 0 Å². The molecule has 3 aromatic rings. The number of sulfonamides is 1. The zero-order valence-corrected chi connectivity index (χ0v) is 18.0. The molecular formula is C20H22N4O4S2. The van der Waals surface area contributed by atoms with Crippen LogP contribution in [0.5, 0.6) is 0 Å². The van der Waals surface area contributed by atoms with Crippen molar-refractivity contribution in [2.24, 2.45) is 5.14 Å². The molecule has 0 aliphatic rings. The first kappa shape index (κ1) is 22.0. The molecule has 2 aromatic carbocycles. The number of primary sulfonamides is 1. The lowest BCUT2D eigenvalue weighted by Crippen LogP contribution is -2.28. The number of carbonyl (C=O) groups excluding carboxylic acids is 1. The van der Waals surface area contributed by atoms with Crippen molar-refractivity contribution in [2.75, 3.05) is 12.3 Å². The van der Waals surface area contributed by atoms with Gasteiger partial charge in [0.2, 0.25) is 15.9 Å². The maximum Gasteiger partial charge on any atom is 0.262 e. The van der Waals surface area contributed by atoms with E-state index >= 15 is 0 Å². The summed E-state index contributed by atoms with van der Waals surface area (Å²) in [5.74, 6) is -0.0407. The summed E-state index contributed by atoms with van der Waals surface area (Å²) in [4.78, 5) is 29.4. The van der Waals surface area contributed by atoms with E-state index in [1.807, 2.05) is 13.0 Å². The molecule has 3 N–H and O–H groups in total. The maximum absolute atomic E-state index is 12.6. The van der Waals surface area contributed by atoms with Crippen molar-refractivity contribution in [3.63, 3.8) is 0 Å². The number of nitrogens with two attached hydrogens (primary N) is 1. The molecular weight excluding hydrogens is 424 g/mol. The second kappa shape index (κ2) is 9.41. The third-order valence-corrected chi connectivity index (χ3v) is 6.37. The highest BCUT2D eigenvalue weighted by molar-refractivity contribution is 7.99. The van der Waals surface area contributed by atoms with Crippen LogP contribution < -0.4 is 16.0 Å². The summed E-state index contributed by atoms with van der Waals surface area (Å²) in [6.07, 6.45) is 0.551. The van der Waals surface area contributed by atoms with Gasteiger partial charge in [0.25, 0.3) is 5.56 Å². The summed E-state index contributed by atoms with van der Waals surface area (Å²) in [6.45, 7) is 2.73. The van der Waals surface area contributed by atoms with Crippen molar-refractivity contribution in [3.8, 4) is 0 Å². The maximum atomic E-state index is 12.6. The number of nitrogens with zero attached hydrogens (tertiary/aromatic N) is 2. The Morgan fingerprint density at radius 2 is 1.87 bits per heavy atom. The molecule has 1 aromatic heterocycles. The fourth-order valence-electron chi connectivity index (χ4n) is 2.91. The predicted molar refractivity (Wildman–Crippen MR) is 117 cm³/mol. The number of thioether (sulfide) groups is 1. The van der Waals surface area contributed by atoms with Crippen LogP contribution in [0.25, 0.3) is 10.9 Å². The standard InChI is InChI=1S/C20H22N4O4S2/c1-2-24-19(26)16-5-3-4-6-17(16)23-20(24)29-13-18(25)22-12-11-14-7-9-15(10-8-14)30(21,27)28/h3-10H,2,11-13H2,1H3,(H,22,25)(H2,21,27,28). The van der Waals surface area contributed by atoms with Gasteiger partial charge in [0.05, 0.1) is 21.6 Å². The quantitative estimate of drug-likeness (QED) is 0.399. The molecule has 30 heavy (non-hydrogen) atoms. The summed E-state index contributed by atoms with van der Waals surface area (Å²) < 4.78 is 24.1. The molecule has 0 unspecified atom stereocenters. The number of carbonyl (C=O) groups is 1. The molecule has 0 atom stereocenters. The van der Waals surface area contributed by atoms with E-state index in [1.165, 1.54) is 23.9 Å². The highest BCUT2D eigenvalue weighted by Crippen LogP contribution is 2.17. The first-order chi connectivity index (χ1) is 14.3. The van der Waals surface area contributed by atoms with E-state index in [4.69, 9.17) is 5.14 Å². The molecule has 0 radical (unpaired) electrons. The monoisotopic (exact) mass is 446 g/mol. The van der Waals surface area contributed by atoms with Gasteiger partial charge < -0.3 is 5.32 Å². The Labute approximate surface area is 178 Å². The number of benzene rings is 2. The number of para-hydroxylation sites is 1. The van der Waals surface area contributed by atoms with Crippen molar-refractivity contribution in [1.82, 2.24) is 14.9 Å². The minimum Gasteiger partial charge on any atom is -0.355 e. The van der Waals surface area contributed by atoms with Crippen molar-refractivity contribution in [3.05, 3.63) is 64.4 Å². The van der Waals surface area contributed by atoms with Crippen LogP contribution in [0, 0.1) is 0 Å². The van der Waals surface area contributed by atoms with Crippen LogP contribution >= 0.6 is 11.8 Å². The van der Waals surface area contributed by atoms with Gasteiger partial charge in [0.1, 0.15) is 0 Å². The van der Waals surface area contributed by atoms with Crippen molar-refractivity contribution < 1.29 is 13.2 Å². The van der Waals surface area contributed by atoms with Crippen LogP contribution in [-0.2, 0) is 27.8 Å². The summed E-state index contributed by atoms with van der Waals surface area (Å²) >= 11 is 1.22. The van der Waals surface area contributed by atoms with E-state index < -0.39 is 10.0 Å². The molecule has 0 spiro atoms. The number of aromatic nitrogens is 2. The molecule has 0 saturated heterocycles. The number of hydrogen-bond donors (Lipinski definition) is 2. The second-order valence-corrected chi connectivity index (χ2v) is 9.04. The summed E-state index contributed by atoms with van der Waals surface area (Å²) in [5.41, 5.74) is 1.37. The summed E-state index contributed by atoms with van der Waals surface area (Å²) in [7, 11) is -3.71. The van der Waals surface area contributed by atoms with Gasteiger partial charge in [-0.1, -0.05) is 36.0 Å². The molecule has 0 bridgehead atoms. The third kappa shape index (κ3) is 5.26. The Bertz CT molecular complexity index is 1220. The first-order valence-corrected chi connectivity index (χ1v) is 11.8. The van der Waals surface area contributed by atoms with Crippen molar-refractivity contribution >= 4 is 38.6 Å².